The summed E-state index contributed by atoms with van der Waals surface area (Å²) in [4.78, 5) is 25.1. The standard InChI is InChI=1S/C30H30F2N6O4/c1-14(26-27(29(33)40)38-42-37-26)10-18-12-30(18)13-41-28-20(8-9-22(31)25(28)32)21(30)11-23(39)34-19-6-4-17(5-7-19)24-15(2)35-36-16(24)3/h4-9,14,18,21H,10-13H2,1-3H3,(H2,33,40)(H,34,39)(H,35,36). The van der Waals surface area contributed by atoms with E-state index in [-0.39, 0.29) is 42.2 Å². The SMILES string of the molecule is Cc1n[nH]c(C)c1-c1ccc(NC(=O)CC2c3ccc(F)c(F)c3OCC23CC3CC(C)c2nonc2C(N)=O)cc1. The van der Waals surface area contributed by atoms with Gasteiger partial charge in [-0.3, -0.25) is 14.7 Å². The lowest BCUT2D eigenvalue weighted by Gasteiger charge is -2.35. The van der Waals surface area contributed by atoms with E-state index in [1.54, 1.807) is 0 Å². The quantitative estimate of drug-likeness (QED) is 0.262. The molecule has 4 atom stereocenters. The second-order valence-corrected chi connectivity index (χ2v) is 11.4. The van der Waals surface area contributed by atoms with Crippen molar-refractivity contribution in [1.82, 2.24) is 20.5 Å². The third kappa shape index (κ3) is 4.70. The van der Waals surface area contributed by atoms with Crippen molar-refractivity contribution in [2.24, 2.45) is 17.1 Å². The Morgan fingerprint density at radius 3 is 2.62 bits per heavy atom. The van der Waals surface area contributed by atoms with Gasteiger partial charge in [0.15, 0.2) is 17.3 Å². The topological polar surface area (TPSA) is 149 Å². The van der Waals surface area contributed by atoms with Crippen molar-refractivity contribution in [2.75, 3.05) is 11.9 Å². The maximum Gasteiger partial charge on any atom is 0.272 e. The first-order chi connectivity index (χ1) is 20.1. The van der Waals surface area contributed by atoms with Gasteiger partial charge in [0, 0.05) is 46.2 Å². The zero-order valence-corrected chi connectivity index (χ0v) is 23.3. The van der Waals surface area contributed by atoms with Crippen LogP contribution in [-0.4, -0.2) is 38.9 Å². The Morgan fingerprint density at radius 2 is 1.93 bits per heavy atom. The largest absolute Gasteiger partial charge is 0.489 e. The van der Waals surface area contributed by atoms with E-state index in [0.29, 0.717) is 29.8 Å². The fourth-order valence-electron chi connectivity index (χ4n) is 6.54. The number of rotatable bonds is 8. The van der Waals surface area contributed by atoms with Crippen molar-refractivity contribution < 1.29 is 27.7 Å². The zero-order chi connectivity index (χ0) is 29.8. The second kappa shape index (κ2) is 10.3. The molecule has 0 saturated heterocycles. The molecule has 2 aromatic carbocycles. The third-order valence-corrected chi connectivity index (χ3v) is 8.74. The van der Waals surface area contributed by atoms with Crippen molar-refractivity contribution in [3.05, 3.63) is 76.4 Å². The number of nitrogens with two attached hydrogens (primary N) is 1. The fourth-order valence-corrected chi connectivity index (χ4v) is 6.54. The van der Waals surface area contributed by atoms with Crippen LogP contribution in [-0.2, 0) is 4.79 Å². The molecule has 1 saturated carbocycles. The molecule has 218 valence electrons. The lowest BCUT2D eigenvalue weighted by atomic mass is 9.76. The number of nitrogens with zero attached hydrogens (tertiary/aromatic N) is 3. The van der Waals surface area contributed by atoms with Gasteiger partial charge in [-0.1, -0.05) is 30.3 Å². The van der Waals surface area contributed by atoms with E-state index in [4.69, 9.17) is 15.1 Å². The average Bonchev–Trinajstić information content (AvgIpc) is 3.25. The second-order valence-electron chi connectivity index (χ2n) is 11.4. The van der Waals surface area contributed by atoms with Crippen LogP contribution in [0.5, 0.6) is 5.75 Å². The molecule has 0 radical (unpaired) electrons. The van der Waals surface area contributed by atoms with Gasteiger partial charge in [0.05, 0.1) is 12.3 Å². The molecule has 3 heterocycles. The van der Waals surface area contributed by atoms with Crippen LogP contribution in [0.4, 0.5) is 14.5 Å². The van der Waals surface area contributed by atoms with E-state index in [1.807, 2.05) is 45.0 Å². The van der Waals surface area contributed by atoms with Crippen molar-refractivity contribution >= 4 is 17.5 Å². The van der Waals surface area contributed by atoms with E-state index >= 15 is 0 Å². The molecule has 1 aliphatic heterocycles. The van der Waals surface area contributed by atoms with Gasteiger partial charge in [-0.2, -0.15) is 9.49 Å². The summed E-state index contributed by atoms with van der Waals surface area (Å²) in [5.74, 6) is -3.77. The van der Waals surface area contributed by atoms with Crippen molar-refractivity contribution in [2.45, 2.75) is 51.9 Å². The number of H-pyrrole nitrogens is 1. The highest BCUT2D eigenvalue weighted by atomic mass is 19.2. The van der Waals surface area contributed by atoms with Gasteiger partial charge in [0.2, 0.25) is 11.7 Å². The summed E-state index contributed by atoms with van der Waals surface area (Å²) in [7, 11) is 0. The summed E-state index contributed by atoms with van der Waals surface area (Å²) >= 11 is 0. The molecule has 2 aliphatic rings. The smallest absolute Gasteiger partial charge is 0.272 e. The molecule has 0 bridgehead atoms. The average molecular weight is 577 g/mol. The number of aryl methyl sites for hydroxylation is 2. The molecule has 1 aliphatic carbocycles. The number of nitrogens with one attached hydrogen (secondary N) is 2. The van der Waals surface area contributed by atoms with E-state index in [2.05, 4.69) is 25.8 Å². The number of fused-ring (bicyclic) bond motifs is 1. The van der Waals surface area contributed by atoms with Crippen LogP contribution in [0.3, 0.4) is 0 Å². The first-order valence-electron chi connectivity index (χ1n) is 13.7. The Bertz CT molecular complexity index is 1660. The normalized spacial score (nSPS) is 21.5. The van der Waals surface area contributed by atoms with E-state index in [1.165, 1.54) is 6.07 Å². The van der Waals surface area contributed by atoms with Gasteiger partial charge < -0.3 is 15.8 Å². The van der Waals surface area contributed by atoms with Crippen LogP contribution in [0.25, 0.3) is 11.1 Å². The van der Waals surface area contributed by atoms with Gasteiger partial charge in [-0.05, 0) is 61.5 Å². The van der Waals surface area contributed by atoms with Crippen molar-refractivity contribution in [3.8, 4) is 16.9 Å². The minimum Gasteiger partial charge on any atom is -0.489 e. The number of carbonyl (C=O) groups is 2. The highest BCUT2D eigenvalue weighted by molar-refractivity contribution is 5.92. The molecular formula is C30H30F2N6O4. The van der Waals surface area contributed by atoms with Gasteiger partial charge in [0.25, 0.3) is 5.91 Å². The Labute approximate surface area is 240 Å². The first-order valence-corrected chi connectivity index (χ1v) is 13.7. The molecule has 2 amide bonds. The third-order valence-electron chi connectivity index (χ3n) is 8.74. The predicted molar refractivity (Wildman–Crippen MR) is 148 cm³/mol. The number of halogens is 2. The van der Waals surface area contributed by atoms with Crippen LogP contribution in [0.15, 0.2) is 41.0 Å². The Hall–Kier alpha value is -4.61. The number of amides is 2. The lowest BCUT2D eigenvalue weighted by Crippen LogP contribution is -2.33. The predicted octanol–water partition coefficient (Wildman–Crippen LogP) is 5.16. The lowest BCUT2D eigenvalue weighted by molar-refractivity contribution is -0.117. The van der Waals surface area contributed by atoms with E-state index in [9.17, 15) is 18.4 Å². The molecule has 4 N–H and O–H groups in total. The highest BCUT2D eigenvalue weighted by Gasteiger charge is 2.62. The van der Waals surface area contributed by atoms with Gasteiger partial charge in [-0.25, -0.2) is 9.02 Å². The Kier molecular flexibility index (Phi) is 6.78. The maximum atomic E-state index is 14.8. The zero-order valence-electron chi connectivity index (χ0n) is 23.3. The molecule has 4 unspecified atom stereocenters. The summed E-state index contributed by atoms with van der Waals surface area (Å²) in [6.07, 6.45) is 1.33. The number of benzene rings is 2. The number of hydrogen-bond acceptors (Lipinski definition) is 7. The summed E-state index contributed by atoms with van der Waals surface area (Å²) in [6.45, 7) is 5.90. The van der Waals surface area contributed by atoms with Gasteiger partial charge in [0.1, 0.15) is 5.69 Å². The summed E-state index contributed by atoms with van der Waals surface area (Å²) in [6, 6.07) is 10.1. The summed E-state index contributed by atoms with van der Waals surface area (Å²) in [5, 5.41) is 17.7. The first kappa shape index (κ1) is 27.6. The van der Waals surface area contributed by atoms with E-state index < -0.39 is 28.9 Å². The monoisotopic (exact) mass is 576 g/mol. The van der Waals surface area contributed by atoms with Crippen LogP contribution in [0, 0.1) is 36.8 Å². The molecular weight excluding hydrogens is 546 g/mol. The molecule has 4 aromatic rings. The molecule has 12 heteroatoms. The molecule has 2 aromatic heterocycles. The van der Waals surface area contributed by atoms with Crippen molar-refractivity contribution in [3.63, 3.8) is 0 Å². The number of aromatic nitrogens is 4. The molecule has 10 nitrogen and oxygen atoms in total. The van der Waals surface area contributed by atoms with Crippen LogP contribution in [0.2, 0.25) is 0 Å². The summed E-state index contributed by atoms with van der Waals surface area (Å²) < 4.78 is 39.4. The van der Waals surface area contributed by atoms with Gasteiger partial charge >= 0.3 is 0 Å². The molecule has 6 rings (SSSR count). The highest BCUT2D eigenvalue weighted by Crippen LogP contribution is 2.67. The molecule has 1 spiro atoms. The number of hydrogen-bond donors (Lipinski definition) is 3. The van der Waals surface area contributed by atoms with E-state index in [0.717, 1.165) is 28.6 Å². The fraction of sp³-hybridized carbons (Fsp3) is 0.367. The molecule has 42 heavy (non-hydrogen) atoms. The number of anilines is 1. The van der Waals surface area contributed by atoms with Crippen LogP contribution < -0.4 is 15.8 Å². The van der Waals surface area contributed by atoms with Crippen molar-refractivity contribution in [1.29, 1.82) is 0 Å². The number of carbonyl (C=O) groups excluding carboxylic acids is 2. The Morgan fingerprint density at radius 1 is 1.17 bits per heavy atom. The van der Waals surface area contributed by atoms with Gasteiger partial charge in [-0.15, -0.1) is 0 Å². The number of primary amides is 1. The minimum absolute atomic E-state index is 0.0139. The number of aromatic amines is 1. The Balaban J connectivity index is 1.23. The molecule has 1 fully saturated rings. The van der Waals surface area contributed by atoms with Crippen LogP contribution >= 0.6 is 0 Å². The minimum atomic E-state index is -1.06. The van der Waals surface area contributed by atoms with Crippen LogP contribution in [0.1, 0.15) is 71.2 Å². The maximum absolute atomic E-state index is 14.8. The number of ether oxygens (including phenoxy) is 1. The summed E-state index contributed by atoms with van der Waals surface area (Å²) in [5.41, 5.74) is 10.2.